The summed E-state index contributed by atoms with van der Waals surface area (Å²) in [5.74, 6) is 0.593. The Hall–Kier alpha value is 0.254. The molecule has 1 atom stereocenters. The van der Waals surface area contributed by atoms with Crippen molar-refractivity contribution in [3.63, 3.8) is 0 Å². The molecular weight excluding hydrogens is 287 g/mol. The van der Waals surface area contributed by atoms with Crippen molar-refractivity contribution in [1.29, 1.82) is 0 Å². The molecule has 91 valence electrons. The summed E-state index contributed by atoms with van der Waals surface area (Å²) in [6.07, 6.45) is 5.75. The molecule has 0 radical (unpaired) electrons. The molecule has 0 aromatic rings. The summed E-state index contributed by atoms with van der Waals surface area (Å²) in [6.45, 7) is 9.06. The molecule has 3 heteroatoms. The molecular formula is C14H17Cl2Ti. The van der Waals surface area contributed by atoms with Crippen LogP contribution in [0, 0.1) is 5.92 Å². The molecule has 2 rings (SSSR count). The van der Waals surface area contributed by atoms with Crippen LogP contribution in [-0.2, 0) is 20.4 Å². The molecule has 0 saturated carbocycles. The molecule has 0 bridgehead atoms. The summed E-state index contributed by atoms with van der Waals surface area (Å²) in [4.78, 5) is 0. The van der Waals surface area contributed by atoms with Gasteiger partial charge in [-0.1, -0.05) is 0 Å². The van der Waals surface area contributed by atoms with Gasteiger partial charge in [-0.3, -0.25) is 0 Å². The quantitative estimate of drug-likeness (QED) is 0.495. The van der Waals surface area contributed by atoms with Crippen molar-refractivity contribution < 1.29 is 45.2 Å². The molecule has 0 aliphatic heterocycles. The van der Waals surface area contributed by atoms with E-state index in [-0.39, 0.29) is 24.8 Å². The first-order valence-electron chi connectivity index (χ1n) is 5.53. The van der Waals surface area contributed by atoms with E-state index in [1.54, 1.807) is 20.6 Å². The van der Waals surface area contributed by atoms with Crippen molar-refractivity contribution >= 4 is 0 Å². The van der Waals surface area contributed by atoms with Crippen LogP contribution in [0.5, 0.6) is 0 Å². The van der Waals surface area contributed by atoms with Crippen molar-refractivity contribution in [3.05, 3.63) is 43.9 Å². The van der Waals surface area contributed by atoms with E-state index >= 15 is 0 Å². The van der Waals surface area contributed by atoms with Gasteiger partial charge in [0, 0.05) is 0 Å². The van der Waals surface area contributed by atoms with Gasteiger partial charge in [0.15, 0.2) is 0 Å². The number of rotatable bonds is 1. The van der Waals surface area contributed by atoms with Crippen molar-refractivity contribution in [3.8, 4) is 0 Å². The summed E-state index contributed by atoms with van der Waals surface area (Å²) < 4.78 is 1.55. The standard InChI is InChI=1S/C14H17.2ClH.Ti/c1-9-7-8-13(12(9)4)14-10(2)5-6-11(14)3;;;/h5-6,10H,7H2,1-4H3;2*1H;/q;;;+2/p-2. The van der Waals surface area contributed by atoms with Gasteiger partial charge >= 0.3 is 104 Å². The summed E-state index contributed by atoms with van der Waals surface area (Å²) in [5, 5.41) is 0. The smallest absolute Gasteiger partial charge is 1.00 e. The van der Waals surface area contributed by atoms with Gasteiger partial charge in [-0.05, 0) is 0 Å². The molecule has 0 fully saturated rings. The molecule has 0 N–H and O–H groups in total. The van der Waals surface area contributed by atoms with E-state index in [4.69, 9.17) is 0 Å². The van der Waals surface area contributed by atoms with Gasteiger partial charge in [-0.2, -0.15) is 0 Å². The van der Waals surface area contributed by atoms with Crippen LogP contribution in [0.3, 0.4) is 0 Å². The Morgan fingerprint density at radius 2 is 1.76 bits per heavy atom. The van der Waals surface area contributed by atoms with Crippen LogP contribution in [0.1, 0.15) is 34.1 Å². The van der Waals surface area contributed by atoms with Crippen LogP contribution in [0.2, 0.25) is 0 Å². The van der Waals surface area contributed by atoms with Gasteiger partial charge in [-0.15, -0.1) is 0 Å². The van der Waals surface area contributed by atoms with Crippen molar-refractivity contribution in [2.45, 2.75) is 34.1 Å². The van der Waals surface area contributed by atoms with Gasteiger partial charge in [0.2, 0.25) is 0 Å². The molecule has 0 saturated heterocycles. The zero-order chi connectivity index (χ0) is 11.2. The second kappa shape index (κ2) is 6.43. The zero-order valence-electron chi connectivity index (χ0n) is 10.7. The van der Waals surface area contributed by atoms with Crippen LogP contribution < -0.4 is 24.8 Å². The predicted molar refractivity (Wildman–Crippen MR) is 61.0 cm³/mol. The topological polar surface area (TPSA) is 0 Å². The molecule has 0 heterocycles. The van der Waals surface area contributed by atoms with Crippen LogP contribution in [0.25, 0.3) is 0 Å². The maximum absolute atomic E-state index is 2.31. The van der Waals surface area contributed by atoms with E-state index in [2.05, 4.69) is 60.3 Å². The second-order valence-electron chi connectivity index (χ2n) is 4.68. The van der Waals surface area contributed by atoms with Crippen molar-refractivity contribution in [2.24, 2.45) is 5.92 Å². The van der Waals surface area contributed by atoms with Crippen LogP contribution >= 0.6 is 0 Å². The van der Waals surface area contributed by atoms with Gasteiger partial charge in [-0.25, -0.2) is 0 Å². The Labute approximate surface area is 129 Å². The second-order valence-corrected chi connectivity index (χ2v) is 5.62. The van der Waals surface area contributed by atoms with Gasteiger partial charge in [0.05, 0.1) is 0 Å². The van der Waals surface area contributed by atoms with E-state index in [9.17, 15) is 0 Å². The fourth-order valence-corrected chi connectivity index (χ4v) is 3.47. The first-order chi connectivity index (χ1) is 7.02. The molecule has 1 unspecified atom stereocenters. The summed E-state index contributed by atoms with van der Waals surface area (Å²) in [7, 11) is 0. The van der Waals surface area contributed by atoms with E-state index in [0.29, 0.717) is 5.92 Å². The van der Waals surface area contributed by atoms with Gasteiger partial charge < -0.3 is 24.8 Å². The van der Waals surface area contributed by atoms with E-state index in [0.717, 1.165) is 0 Å². The van der Waals surface area contributed by atoms with Crippen molar-refractivity contribution in [1.82, 2.24) is 0 Å². The van der Waals surface area contributed by atoms with Crippen LogP contribution in [-0.4, -0.2) is 0 Å². The Bertz CT molecular complexity index is 439. The fourth-order valence-electron chi connectivity index (χ4n) is 2.55. The largest absolute Gasteiger partial charge is 1.00 e. The molecule has 2 aliphatic rings. The average Bonchev–Trinajstić information content (AvgIpc) is 2.59. The number of hydrogen-bond donors (Lipinski definition) is 0. The monoisotopic (exact) mass is 303 g/mol. The van der Waals surface area contributed by atoms with Gasteiger partial charge in [0.25, 0.3) is 0 Å². The maximum Gasteiger partial charge on any atom is -1.00 e. The number of halogens is 2. The van der Waals surface area contributed by atoms with Crippen LogP contribution in [0.4, 0.5) is 0 Å². The first-order valence-corrected chi connectivity index (χ1v) is 6.31. The van der Waals surface area contributed by atoms with E-state index < -0.39 is 0 Å². The summed E-state index contributed by atoms with van der Waals surface area (Å²) >= 11 is 2.28. The average molecular weight is 304 g/mol. The molecule has 0 aromatic carbocycles. The Morgan fingerprint density at radius 1 is 1.18 bits per heavy atom. The van der Waals surface area contributed by atoms with Crippen LogP contribution in [0.15, 0.2) is 43.9 Å². The minimum atomic E-state index is 0. The third-order valence-corrected chi connectivity index (χ3v) is 4.21. The number of allylic oxidation sites excluding steroid dienone is 8. The Balaban J connectivity index is 0.00000128. The molecule has 0 aromatic heterocycles. The van der Waals surface area contributed by atoms with E-state index in [1.807, 2.05) is 0 Å². The molecule has 0 nitrogen and oxygen atoms in total. The zero-order valence-corrected chi connectivity index (χ0v) is 13.8. The normalized spacial score (nSPS) is 23.3. The Morgan fingerprint density at radius 3 is 2.12 bits per heavy atom. The summed E-state index contributed by atoms with van der Waals surface area (Å²) in [6, 6.07) is 0. The molecule has 2 aliphatic carbocycles. The molecule has 17 heavy (non-hydrogen) atoms. The predicted octanol–water partition coefficient (Wildman–Crippen LogP) is -1.94. The van der Waals surface area contributed by atoms with E-state index in [1.165, 1.54) is 17.6 Å². The maximum atomic E-state index is 2.31. The minimum Gasteiger partial charge on any atom is -1.00 e. The summed E-state index contributed by atoms with van der Waals surface area (Å²) in [5.41, 5.74) is 7.61. The fraction of sp³-hybridized carbons (Fsp3) is 0.429. The molecule has 0 spiro atoms. The third kappa shape index (κ3) is 2.99. The minimum absolute atomic E-state index is 0. The van der Waals surface area contributed by atoms with Crippen molar-refractivity contribution in [2.75, 3.05) is 0 Å². The van der Waals surface area contributed by atoms with Gasteiger partial charge in [0.1, 0.15) is 0 Å². The molecule has 0 amide bonds. The first kappa shape index (κ1) is 17.3. The Kier molecular flexibility index (Phi) is 6.53. The number of hydrogen-bond acceptors (Lipinski definition) is 0. The SMILES string of the molecule is CC1=C(C2=[C]([Ti+2])CC(C)=C2C)C(C)C=C1.[Cl-].[Cl-]. The third-order valence-electron chi connectivity index (χ3n) is 3.54.